The number of ketones is 1. The first-order valence-electron chi connectivity index (χ1n) is 11.3. The van der Waals surface area contributed by atoms with Gasteiger partial charge in [-0.05, 0) is 19.1 Å². The van der Waals surface area contributed by atoms with E-state index in [0.717, 1.165) is 26.2 Å². The quantitative estimate of drug-likeness (QED) is 0.498. The fourth-order valence-corrected chi connectivity index (χ4v) is 4.59. The lowest BCUT2D eigenvalue weighted by molar-refractivity contribution is -1.02. The number of amides is 1. The maximum atomic E-state index is 12.6. The van der Waals surface area contributed by atoms with Crippen molar-refractivity contribution < 1.29 is 19.4 Å². The molecule has 1 aliphatic rings. The van der Waals surface area contributed by atoms with Gasteiger partial charge in [0.15, 0.2) is 12.3 Å². The zero-order valence-electron chi connectivity index (χ0n) is 18.5. The Kier molecular flexibility index (Phi) is 7.10. The minimum atomic E-state index is -0.00757. The van der Waals surface area contributed by atoms with Crippen LogP contribution in [0.2, 0.25) is 0 Å². The highest BCUT2D eigenvalue weighted by Crippen LogP contribution is 2.18. The molecule has 0 radical (unpaired) electrons. The molecule has 3 N–H and O–H groups in total. The van der Waals surface area contributed by atoms with Crippen molar-refractivity contribution in [2.24, 2.45) is 0 Å². The van der Waals surface area contributed by atoms with E-state index in [4.69, 9.17) is 0 Å². The standard InChI is InChI=1S/C27H29N3O2/c1-21(31)24-13-8-14-25(19-24)28-26(32)20-29-15-17-30(18-16-29)27(22-9-4-2-5-10-22)23-11-6-3-7-12-23/h2-14,19,27H,15-18,20H2,1H3,(H,28,32)/p+2. The van der Waals surface area contributed by atoms with Crippen LogP contribution in [0.5, 0.6) is 0 Å². The Morgan fingerprint density at radius 2 is 1.41 bits per heavy atom. The molecule has 0 unspecified atom stereocenters. The lowest BCUT2D eigenvalue weighted by Crippen LogP contribution is -3.28. The lowest BCUT2D eigenvalue weighted by Gasteiger charge is -2.35. The van der Waals surface area contributed by atoms with Crippen LogP contribution >= 0.6 is 0 Å². The number of nitrogens with one attached hydrogen (secondary N) is 3. The average molecular weight is 430 g/mol. The van der Waals surface area contributed by atoms with E-state index in [1.54, 1.807) is 23.1 Å². The first-order chi connectivity index (χ1) is 15.6. The van der Waals surface area contributed by atoms with E-state index in [-0.39, 0.29) is 11.7 Å². The highest BCUT2D eigenvalue weighted by Gasteiger charge is 2.32. The van der Waals surface area contributed by atoms with Gasteiger partial charge in [0.05, 0.1) is 0 Å². The lowest BCUT2D eigenvalue weighted by atomic mass is 9.96. The second kappa shape index (κ2) is 10.4. The van der Waals surface area contributed by atoms with Gasteiger partial charge in [-0.25, -0.2) is 0 Å². The molecule has 1 fully saturated rings. The number of anilines is 1. The molecule has 5 nitrogen and oxygen atoms in total. The van der Waals surface area contributed by atoms with Crippen LogP contribution in [0.15, 0.2) is 84.9 Å². The van der Waals surface area contributed by atoms with Crippen LogP contribution in [0.3, 0.4) is 0 Å². The van der Waals surface area contributed by atoms with Gasteiger partial charge in [-0.2, -0.15) is 0 Å². The summed E-state index contributed by atoms with van der Waals surface area (Å²) < 4.78 is 0. The van der Waals surface area contributed by atoms with E-state index in [0.29, 0.717) is 23.8 Å². The molecular weight excluding hydrogens is 398 g/mol. The van der Waals surface area contributed by atoms with Crippen molar-refractivity contribution in [2.75, 3.05) is 38.0 Å². The van der Waals surface area contributed by atoms with Gasteiger partial charge < -0.3 is 15.1 Å². The number of hydrogen-bond acceptors (Lipinski definition) is 2. The third-order valence-corrected chi connectivity index (χ3v) is 6.24. The van der Waals surface area contributed by atoms with E-state index in [1.165, 1.54) is 23.0 Å². The molecule has 1 aliphatic heterocycles. The summed E-state index contributed by atoms with van der Waals surface area (Å²) in [4.78, 5) is 27.0. The van der Waals surface area contributed by atoms with Crippen LogP contribution in [0, 0.1) is 0 Å². The molecule has 164 valence electrons. The SMILES string of the molecule is CC(=O)c1cccc(NC(=O)C[NH+]2CC[NH+](C(c3ccccc3)c3ccccc3)CC2)c1. The molecule has 1 saturated heterocycles. The minimum Gasteiger partial charge on any atom is -0.321 e. The first kappa shape index (κ1) is 21.9. The van der Waals surface area contributed by atoms with E-state index >= 15 is 0 Å². The zero-order chi connectivity index (χ0) is 22.3. The molecule has 0 spiro atoms. The fraction of sp³-hybridized carbons (Fsp3) is 0.259. The summed E-state index contributed by atoms with van der Waals surface area (Å²) in [6.45, 7) is 5.90. The van der Waals surface area contributed by atoms with E-state index in [2.05, 4.69) is 66.0 Å². The van der Waals surface area contributed by atoms with Crippen molar-refractivity contribution in [3.8, 4) is 0 Å². The Morgan fingerprint density at radius 3 is 1.97 bits per heavy atom. The number of hydrogen-bond donors (Lipinski definition) is 3. The molecule has 32 heavy (non-hydrogen) atoms. The molecule has 3 aromatic carbocycles. The molecule has 1 heterocycles. The summed E-state index contributed by atoms with van der Waals surface area (Å²) in [6.07, 6.45) is 0. The van der Waals surface area contributed by atoms with Crippen LogP contribution in [-0.2, 0) is 4.79 Å². The van der Waals surface area contributed by atoms with Crippen molar-refractivity contribution in [3.63, 3.8) is 0 Å². The van der Waals surface area contributed by atoms with E-state index in [1.807, 2.05) is 6.07 Å². The van der Waals surface area contributed by atoms with Crippen LogP contribution in [-0.4, -0.2) is 44.4 Å². The van der Waals surface area contributed by atoms with Crippen LogP contribution in [0.25, 0.3) is 0 Å². The number of carbonyl (C=O) groups is 2. The van der Waals surface area contributed by atoms with Gasteiger partial charge in [0, 0.05) is 22.4 Å². The minimum absolute atomic E-state index is 0.00259. The molecule has 0 aliphatic carbocycles. The molecule has 3 aromatic rings. The Morgan fingerprint density at radius 1 is 0.812 bits per heavy atom. The maximum absolute atomic E-state index is 12.6. The summed E-state index contributed by atoms with van der Waals surface area (Å²) in [6, 6.07) is 28.9. The monoisotopic (exact) mass is 429 g/mol. The Hall–Kier alpha value is -3.28. The molecular formula is C27H31N3O2+2. The largest absolute Gasteiger partial charge is 0.321 e. The Labute approximate surface area is 189 Å². The van der Waals surface area contributed by atoms with Crippen molar-refractivity contribution in [1.82, 2.24) is 0 Å². The Bertz CT molecular complexity index is 1010. The number of benzene rings is 3. The van der Waals surface area contributed by atoms with Crippen LogP contribution in [0.4, 0.5) is 5.69 Å². The molecule has 0 bridgehead atoms. The van der Waals surface area contributed by atoms with Crippen LogP contribution < -0.4 is 15.1 Å². The number of Topliss-reactive ketones (excluding diaryl/α,β-unsaturated/α-hetero) is 1. The van der Waals surface area contributed by atoms with Gasteiger partial charge in [-0.3, -0.25) is 9.59 Å². The molecule has 0 aromatic heterocycles. The molecule has 4 rings (SSSR count). The van der Waals surface area contributed by atoms with Crippen molar-refractivity contribution in [2.45, 2.75) is 13.0 Å². The summed E-state index contributed by atoms with van der Waals surface area (Å²) >= 11 is 0. The van der Waals surface area contributed by atoms with E-state index in [9.17, 15) is 9.59 Å². The highest BCUT2D eigenvalue weighted by atomic mass is 16.2. The van der Waals surface area contributed by atoms with Crippen molar-refractivity contribution >= 4 is 17.4 Å². The molecule has 0 atom stereocenters. The fourth-order valence-electron chi connectivity index (χ4n) is 4.59. The highest BCUT2D eigenvalue weighted by molar-refractivity contribution is 5.97. The summed E-state index contributed by atoms with van der Waals surface area (Å²) in [5.74, 6) is -0.0102. The van der Waals surface area contributed by atoms with Gasteiger partial charge in [-0.15, -0.1) is 0 Å². The van der Waals surface area contributed by atoms with Gasteiger partial charge in [0.2, 0.25) is 0 Å². The average Bonchev–Trinajstić information content (AvgIpc) is 2.82. The smallest absolute Gasteiger partial charge is 0.279 e. The summed E-state index contributed by atoms with van der Waals surface area (Å²) in [7, 11) is 0. The van der Waals surface area contributed by atoms with Crippen LogP contribution in [0.1, 0.15) is 34.5 Å². The van der Waals surface area contributed by atoms with Gasteiger partial charge in [0.1, 0.15) is 32.2 Å². The second-order valence-corrected chi connectivity index (χ2v) is 8.52. The number of piperazine rings is 1. The third kappa shape index (κ3) is 5.49. The van der Waals surface area contributed by atoms with Gasteiger partial charge >= 0.3 is 0 Å². The first-order valence-corrected chi connectivity index (χ1v) is 11.3. The summed E-state index contributed by atoms with van der Waals surface area (Å²) in [5, 5.41) is 2.95. The zero-order valence-corrected chi connectivity index (χ0v) is 18.5. The number of carbonyl (C=O) groups excluding carboxylic acids is 2. The predicted molar refractivity (Wildman–Crippen MR) is 126 cm³/mol. The predicted octanol–water partition coefficient (Wildman–Crippen LogP) is 1.40. The number of quaternary nitrogens is 2. The number of rotatable bonds is 7. The van der Waals surface area contributed by atoms with Gasteiger partial charge in [0.25, 0.3) is 5.91 Å². The van der Waals surface area contributed by atoms with Crippen molar-refractivity contribution in [1.29, 1.82) is 0 Å². The topological polar surface area (TPSA) is 55.0 Å². The normalized spacial score (nSPS) is 18.3. The maximum Gasteiger partial charge on any atom is 0.279 e. The summed E-state index contributed by atoms with van der Waals surface area (Å²) in [5.41, 5.74) is 3.96. The third-order valence-electron chi connectivity index (χ3n) is 6.24. The van der Waals surface area contributed by atoms with Crippen molar-refractivity contribution in [3.05, 3.63) is 102 Å². The molecule has 0 saturated carbocycles. The Balaban J connectivity index is 1.37. The second-order valence-electron chi connectivity index (χ2n) is 8.52. The van der Waals surface area contributed by atoms with E-state index < -0.39 is 0 Å². The van der Waals surface area contributed by atoms with Gasteiger partial charge in [-0.1, -0.05) is 72.8 Å². The molecule has 1 amide bonds. The molecule has 5 heteroatoms.